The van der Waals surface area contributed by atoms with Gasteiger partial charge in [0.1, 0.15) is 0 Å². The van der Waals surface area contributed by atoms with Crippen LogP contribution in [0, 0.1) is 0 Å². The van der Waals surface area contributed by atoms with E-state index in [1.807, 2.05) is 0 Å². The number of hydrogen-bond donors (Lipinski definition) is 2. The zero-order valence-corrected chi connectivity index (χ0v) is 7.63. The van der Waals surface area contributed by atoms with Crippen LogP contribution in [-0.4, -0.2) is 20.5 Å². The van der Waals surface area contributed by atoms with Crippen LogP contribution in [0.25, 0.3) is 0 Å². The van der Waals surface area contributed by atoms with E-state index in [-0.39, 0.29) is 10.5 Å². The molecule has 1 amide bonds. The van der Waals surface area contributed by atoms with Crippen LogP contribution in [0.1, 0.15) is 10.4 Å². The van der Waals surface area contributed by atoms with Gasteiger partial charge < -0.3 is 9.87 Å². The number of anilines is 1. The molecule has 1 aliphatic rings. The number of Topliss-reactive ketones (excluding diaryl/α,β-unsaturated/α-hetero) is 1. The summed E-state index contributed by atoms with van der Waals surface area (Å²) >= 11 is -2.14. The third kappa shape index (κ3) is 1.24. The van der Waals surface area contributed by atoms with E-state index >= 15 is 0 Å². The molecule has 0 radical (unpaired) electrons. The number of ketones is 1. The van der Waals surface area contributed by atoms with Crippen LogP contribution >= 0.6 is 0 Å². The smallest absolute Gasteiger partial charge is 0.296 e. The molecule has 5 nitrogen and oxygen atoms in total. The van der Waals surface area contributed by atoms with E-state index in [1.54, 1.807) is 0 Å². The molecule has 0 spiro atoms. The van der Waals surface area contributed by atoms with Crippen molar-refractivity contribution in [3.63, 3.8) is 0 Å². The Morgan fingerprint density at radius 2 is 2.00 bits per heavy atom. The molecule has 1 heterocycles. The number of hydrogen-bond acceptors (Lipinski definition) is 3. The molecular weight excluding hydrogens is 206 g/mol. The Morgan fingerprint density at radius 3 is 2.64 bits per heavy atom. The fourth-order valence-electron chi connectivity index (χ4n) is 1.23. The monoisotopic (exact) mass is 211 g/mol. The van der Waals surface area contributed by atoms with Gasteiger partial charge in [0.15, 0.2) is 11.1 Å². The molecule has 72 valence electrons. The molecule has 1 unspecified atom stereocenters. The first-order valence-electron chi connectivity index (χ1n) is 3.70. The maximum Gasteiger partial charge on any atom is 0.296 e. The number of benzene rings is 1. The van der Waals surface area contributed by atoms with E-state index in [1.165, 1.54) is 18.2 Å². The van der Waals surface area contributed by atoms with E-state index in [0.29, 0.717) is 5.69 Å². The normalized spacial score (nSPS) is 16.4. The van der Waals surface area contributed by atoms with Gasteiger partial charge in [0.25, 0.3) is 11.7 Å². The molecule has 2 N–H and O–H groups in total. The molecule has 0 fully saturated rings. The highest BCUT2D eigenvalue weighted by Crippen LogP contribution is 2.24. The fraction of sp³-hybridized carbons (Fsp3) is 0. The van der Waals surface area contributed by atoms with Gasteiger partial charge in [-0.15, -0.1) is 0 Å². The van der Waals surface area contributed by atoms with Crippen molar-refractivity contribution in [1.82, 2.24) is 0 Å². The van der Waals surface area contributed by atoms with E-state index < -0.39 is 22.8 Å². The van der Waals surface area contributed by atoms with Crippen molar-refractivity contribution < 1.29 is 18.4 Å². The van der Waals surface area contributed by atoms with E-state index in [0.717, 1.165) is 0 Å². The minimum absolute atomic E-state index is 0.105. The second kappa shape index (κ2) is 3.00. The third-order valence-electron chi connectivity index (χ3n) is 1.89. The average molecular weight is 211 g/mol. The zero-order chi connectivity index (χ0) is 10.3. The van der Waals surface area contributed by atoms with Crippen molar-refractivity contribution in [3.8, 4) is 0 Å². The van der Waals surface area contributed by atoms with Crippen LogP contribution in [0.4, 0.5) is 5.69 Å². The van der Waals surface area contributed by atoms with E-state index in [4.69, 9.17) is 4.55 Å². The fourth-order valence-corrected chi connectivity index (χ4v) is 1.63. The van der Waals surface area contributed by atoms with Gasteiger partial charge in [-0.2, -0.15) is 0 Å². The summed E-state index contributed by atoms with van der Waals surface area (Å²) in [5.41, 5.74) is 0.532. The Hall–Kier alpha value is -1.53. The third-order valence-corrected chi connectivity index (χ3v) is 2.55. The summed E-state index contributed by atoms with van der Waals surface area (Å²) in [4.78, 5) is 22.2. The molecule has 1 atom stereocenters. The number of fused-ring (bicyclic) bond motifs is 1. The van der Waals surface area contributed by atoms with Gasteiger partial charge in [0.2, 0.25) is 0 Å². The minimum atomic E-state index is -2.14. The second-order valence-electron chi connectivity index (χ2n) is 2.74. The number of amides is 1. The van der Waals surface area contributed by atoms with Crippen LogP contribution in [0.2, 0.25) is 0 Å². The van der Waals surface area contributed by atoms with Crippen molar-refractivity contribution in [2.24, 2.45) is 0 Å². The van der Waals surface area contributed by atoms with Crippen LogP contribution < -0.4 is 5.32 Å². The lowest BCUT2D eigenvalue weighted by atomic mass is 10.1. The van der Waals surface area contributed by atoms with E-state index in [9.17, 15) is 13.8 Å². The second-order valence-corrected chi connectivity index (χ2v) is 3.71. The highest BCUT2D eigenvalue weighted by Gasteiger charge is 2.28. The van der Waals surface area contributed by atoms with Gasteiger partial charge in [0.05, 0.1) is 16.1 Å². The summed E-state index contributed by atoms with van der Waals surface area (Å²) in [5.74, 6) is -1.38. The standard InChI is InChI=1S/C8H5NO4S/c10-7-5-3-4(14(12)13)1-2-6(5)9-8(7)11/h1-3H,(H,12,13)(H,9,10,11). The molecule has 6 heteroatoms. The van der Waals surface area contributed by atoms with Crippen LogP contribution in [-0.2, 0) is 15.9 Å². The Balaban J connectivity index is 2.57. The molecule has 0 bridgehead atoms. The Kier molecular flexibility index (Phi) is 1.94. The van der Waals surface area contributed by atoms with Gasteiger partial charge in [0, 0.05) is 0 Å². The highest BCUT2D eigenvalue weighted by atomic mass is 32.2. The number of rotatable bonds is 1. The lowest BCUT2D eigenvalue weighted by molar-refractivity contribution is -0.112. The Bertz CT molecular complexity index is 468. The summed E-state index contributed by atoms with van der Waals surface area (Å²) in [7, 11) is 0. The predicted octanol–water partition coefficient (Wildman–Crippen LogP) is 0.402. The number of carbonyl (C=O) groups excluding carboxylic acids is 2. The zero-order valence-electron chi connectivity index (χ0n) is 6.81. The molecule has 0 saturated carbocycles. The SMILES string of the molecule is O=C1Nc2ccc(S(=O)O)cc2C1=O. The van der Waals surface area contributed by atoms with Crippen molar-refractivity contribution in [1.29, 1.82) is 0 Å². The van der Waals surface area contributed by atoms with Gasteiger partial charge >= 0.3 is 0 Å². The molecule has 14 heavy (non-hydrogen) atoms. The van der Waals surface area contributed by atoms with Crippen LogP contribution in [0.15, 0.2) is 23.1 Å². The highest BCUT2D eigenvalue weighted by molar-refractivity contribution is 7.79. The first kappa shape index (κ1) is 9.04. The van der Waals surface area contributed by atoms with Gasteiger partial charge in [-0.05, 0) is 18.2 Å². The quantitative estimate of drug-likeness (QED) is 0.520. The topological polar surface area (TPSA) is 83.5 Å². The van der Waals surface area contributed by atoms with E-state index in [2.05, 4.69) is 5.32 Å². The summed E-state index contributed by atoms with van der Waals surface area (Å²) in [6.45, 7) is 0. The Labute approximate surface area is 81.4 Å². The van der Waals surface area contributed by atoms with Gasteiger partial charge in [-0.25, -0.2) is 4.21 Å². The average Bonchev–Trinajstić information content (AvgIpc) is 2.43. The maximum atomic E-state index is 11.2. The minimum Gasteiger partial charge on any atom is -0.318 e. The molecule has 2 rings (SSSR count). The molecule has 0 saturated heterocycles. The maximum absolute atomic E-state index is 11.2. The molecule has 0 aromatic heterocycles. The first-order chi connectivity index (χ1) is 6.59. The van der Waals surface area contributed by atoms with Crippen LogP contribution in [0.5, 0.6) is 0 Å². The molecule has 1 aromatic carbocycles. The van der Waals surface area contributed by atoms with Crippen molar-refractivity contribution in [3.05, 3.63) is 23.8 Å². The summed E-state index contributed by atoms with van der Waals surface area (Å²) < 4.78 is 19.4. The van der Waals surface area contributed by atoms with Crippen molar-refractivity contribution in [2.75, 3.05) is 5.32 Å². The first-order valence-corrected chi connectivity index (χ1v) is 4.81. The summed E-state index contributed by atoms with van der Waals surface area (Å²) in [6, 6.07) is 4.06. The van der Waals surface area contributed by atoms with Crippen molar-refractivity contribution >= 4 is 28.5 Å². The molecular formula is C8H5NO4S. The number of nitrogens with one attached hydrogen (secondary N) is 1. The van der Waals surface area contributed by atoms with Gasteiger partial charge in [-0.1, -0.05) is 0 Å². The summed E-state index contributed by atoms with van der Waals surface area (Å²) in [5, 5.41) is 2.34. The van der Waals surface area contributed by atoms with Crippen LogP contribution in [0.3, 0.4) is 0 Å². The summed E-state index contributed by atoms with van der Waals surface area (Å²) in [6.07, 6.45) is 0. The lowest BCUT2D eigenvalue weighted by Crippen LogP contribution is -2.12. The molecule has 0 aliphatic carbocycles. The van der Waals surface area contributed by atoms with Crippen molar-refractivity contribution in [2.45, 2.75) is 4.90 Å². The molecule has 1 aliphatic heterocycles. The Morgan fingerprint density at radius 1 is 1.29 bits per heavy atom. The predicted molar refractivity (Wildman–Crippen MR) is 48.4 cm³/mol. The van der Waals surface area contributed by atoms with Gasteiger partial charge in [-0.3, -0.25) is 9.59 Å². The number of carbonyl (C=O) groups is 2. The lowest BCUT2D eigenvalue weighted by Gasteiger charge is -1.98. The largest absolute Gasteiger partial charge is 0.318 e. The molecule has 1 aromatic rings.